The van der Waals surface area contributed by atoms with Crippen molar-refractivity contribution in [2.45, 2.75) is 56.2 Å². The van der Waals surface area contributed by atoms with E-state index in [9.17, 15) is 4.79 Å². The molecule has 1 unspecified atom stereocenters. The largest absolute Gasteiger partial charge is 0.355 e. The number of amides is 1. The summed E-state index contributed by atoms with van der Waals surface area (Å²) in [6.07, 6.45) is 6.53. The monoisotopic (exact) mass is 256 g/mol. The average Bonchev–Trinajstić information content (AvgIpc) is 2.87. The number of carbonyl (C=O) groups is 1. The van der Waals surface area contributed by atoms with Crippen LogP contribution in [0.2, 0.25) is 0 Å². The van der Waals surface area contributed by atoms with E-state index >= 15 is 0 Å². The Labute approximate surface area is 108 Å². The summed E-state index contributed by atoms with van der Waals surface area (Å²) in [6.45, 7) is 3.07. The van der Waals surface area contributed by atoms with Gasteiger partial charge in [-0.15, -0.1) is 0 Å². The van der Waals surface area contributed by atoms with Crippen LogP contribution >= 0.6 is 11.8 Å². The molecule has 1 heterocycles. The van der Waals surface area contributed by atoms with Gasteiger partial charge in [0.15, 0.2) is 0 Å². The molecule has 1 saturated heterocycles. The molecule has 0 aromatic heterocycles. The van der Waals surface area contributed by atoms with E-state index in [1.807, 2.05) is 11.8 Å². The van der Waals surface area contributed by atoms with Crippen molar-refractivity contribution in [1.29, 1.82) is 0 Å². The minimum Gasteiger partial charge on any atom is -0.355 e. The average molecular weight is 256 g/mol. The highest BCUT2D eigenvalue weighted by Crippen LogP contribution is 2.37. The summed E-state index contributed by atoms with van der Waals surface area (Å²) in [5.74, 6) is 1.85. The molecule has 1 amide bonds. The maximum absolute atomic E-state index is 11.9. The van der Waals surface area contributed by atoms with Crippen molar-refractivity contribution in [2.24, 2.45) is 11.7 Å². The Morgan fingerprint density at radius 2 is 2.29 bits per heavy atom. The Balaban J connectivity index is 1.70. The molecular formula is C13H24N2OS. The summed E-state index contributed by atoms with van der Waals surface area (Å²) in [5, 5.41) is 3.10. The van der Waals surface area contributed by atoms with Crippen LogP contribution in [-0.4, -0.2) is 29.0 Å². The van der Waals surface area contributed by atoms with Crippen molar-refractivity contribution in [3.05, 3.63) is 0 Å². The highest BCUT2D eigenvalue weighted by atomic mass is 32.2. The van der Waals surface area contributed by atoms with Gasteiger partial charge in [-0.3, -0.25) is 4.79 Å². The second kappa shape index (κ2) is 5.61. The van der Waals surface area contributed by atoms with Gasteiger partial charge < -0.3 is 11.1 Å². The molecule has 0 bridgehead atoms. The molecule has 98 valence electrons. The molecule has 3 atom stereocenters. The predicted octanol–water partition coefficient (Wildman–Crippen LogP) is 1.91. The maximum Gasteiger partial charge on any atom is 0.220 e. The van der Waals surface area contributed by atoms with E-state index in [0.29, 0.717) is 12.3 Å². The summed E-state index contributed by atoms with van der Waals surface area (Å²) >= 11 is 1.99. The molecule has 1 saturated carbocycles. The maximum atomic E-state index is 11.9. The van der Waals surface area contributed by atoms with Gasteiger partial charge in [-0.05, 0) is 44.3 Å². The van der Waals surface area contributed by atoms with Gasteiger partial charge in [0.1, 0.15) is 0 Å². The number of nitrogens with two attached hydrogens (primary N) is 1. The first-order valence-electron chi connectivity index (χ1n) is 6.75. The van der Waals surface area contributed by atoms with Crippen LogP contribution in [0, 0.1) is 5.92 Å². The molecule has 17 heavy (non-hydrogen) atoms. The molecule has 2 rings (SSSR count). The van der Waals surface area contributed by atoms with Gasteiger partial charge in [0, 0.05) is 23.8 Å². The van der Waals surface area contributed by atoms with E-state index in [4.69, 9.17) is 5.73 Å². The lowest BCUT2D eigenvalue weighted by atomic mass is 9.99. The van der Waals surface area contributed by atoms with Gasteiger partial charge in [-0.2, -0.15) is 11.8 Å². The van der Waals surface area contributed by atoms with Gasteiger partial charge in [-0.25, -0.2) is 0 Å². The number of rotatable bonds is 4. The quantitative estimate of drug-likeness (QED) is 0.808. The summed E-state index contributed by atoms with van der Waals surface area (Å²) in [5.41, 5.74) is 5.99. The Bertz CT molecular complexity index is 277. The highest BCUT2D eigenvalue weighted by Gasteiger charge is 2.31. The Kier molecular flexibility index (Phi) is 4.36. The van der Waals surface area contributed by atoms with Crippen molar-refractivity contribution >= 4 is 17.7 Å². The second-order valence-electron chi connectivity index (χ2n) is 5.74. The van der Waals surface area contributed by atoms with Crippen LogP contribution in [0.4, 0.5) is 0 Å². The summed E-state index contributed by atoms with van der Waals surface area (Å²) < 4.78 is 0.271. The van der Waals surface area contributed by atoms with Gasteiger partial charge in [0.25, 0.3) is 0 Å². The predicted molar refractivity (Wildman–Crippen MR) is 73.0 cm³/mol. The molecule has 0 spiro atoms. The molecule has 1 aliphatic heterocycles. The standard InChI is InChI=1S/C13H24N2OS/c1-13(6-3-7-17-13)9-15-12(16)8-10-4-2-5-11(10)14/h10-11H,2-9,14H2,1H3,(H,15,16)/t10-,11+,13?/m0/s1. The van der Waals surface area contributed by atoms with Crippen molar-refractivity contribution < 1.29 is 4.79 Å². The number of hydrogen-bond donors (Lipinski definition) is 2. The number of thioether (sulfide) groups is 1. The van der Waals surface area contributed by atoms with Crippen molar-refractivity contribution in [3.63, 3.8) is 0 Å². The van der Waals surface area contributed by atoms with Crippen LogP contribution in [0.15, 0.2) is 0 Å². The van der Waals surface area contributed by atoms with Gasteiger partial charge in [-0.1, -0.05) is 6.42 Å². The van der Waals surface area contributed by atoms with E-state index in [0.717, 1.165) is 19.4 Å². The van der Waals surface area contributed by atoms with Crippen LogP contribution < -0.4 is 11.1 Å². The number of carbonyl (C=O) groups excluding carboxylic acids is 1. The number of nitrogens with one attached hydrogen (secondary N) is 1. The third-order valence-electron chi connectivity index (χ3n) is 4.13. The lowest BCUT2D eigenvalue weighted by molar-refractivity contribution is -0.122. The minimum atomic E-state index is 0.195. The van der Waals surface area contributed by atoms with Gasteiger partial charge in [0.2, 0.25) is 5.91 Å². The van der Waals surface area contributed by atoms with Crippen LogP contribution in [0.25, 0.3) is 0 Å². The fourth-order valence-corrected chi connectivity index (χ4v) is 4.14. The van der Waals surface area contributed by atoms with E-state index in [1.165, 1.54) is 25.0 Å². The minimum absolute atomic E-state index is 0.195. The van der Waals surface area contributed by atoms with E-state index < -0.39 is 0 Å². The topological polar surface area (TPSA) is 55.1 Å². The smallest absolute Gasteiger partial charge is 0.220 e. The number of hydrogen-bond acceptors (Lipinski definition) is 3. The van der Waals surface area contributed by atoms with Crippen molar-refractivity contribution in [3.8, 4) is 0 Å². The SMILES string of the molecule is CC1(CNC(=O)C[C@@H]2CCC[C@H]2N)CCCS1. The third kappa shape index (κ3) is 3.62. The normalized spacial score (nSPS) is 37.3. The van der Waals surface area contributed by atoms with Crippen molar-refractivity contribution in [2.75, 3.05) is 12.3 Å². The molecule has 3 N–H and O–H groups in total. The molecule has 0 radical (unpaired) electrons. The van der Waals surface area contributed by atoms with Gasteiger partial charge >= 0.3 is 0 Å². The fourth-order valence-electron chi connectivity index (χ4n) is 2.89. The molecular weight excluding hydrogens is 232 g/mol. The van der Waals surface area contributed by atoms with Crippen molar-refractivity contribution in [1.82, 2.24) is 5.32 Å². The van der Waals surface area contributed by atoms with Crippen LogP contribution in [0.5, 0.6) is 0 Å². The zero-order valence-corrected chi connectivity index (χ0v) is 11.5. The first-order valence-corrected chi connectivity index (χ1v) is 7.74. The lowest BCUT2D eigenvalue weighted by Crippen LogP contribution is -2.38. The third-order valence-corrected chi connectivity index (χ3v) is 5.66. The van der Waals surface area contributed by atoms with Gasteiger partial charge in [0.05, 0.1) is 0 Å². The molecule has 4 heteroatoms. The lowest BCUT2D eigenvalue weighted by Gasteiger charge is -2.23. The first kappa shape index (κ1) is 13.2. The molecule has 0 aromatic rings. The summed E-state index contributed by atoms with van der Waals surface area (Å²) in [4.78, 5) is 11.9. The highest BCUT2D eigenvalue weighted by molar-refractivity contribution is 8.00. The molecule has 1 aliphatic carbocycles. The Morgan fingerprint density at radius 1 is 1.47 bits per heavy atom. The first-order chi connectivity index (χ1) is 8.09. The zero-order valence-electron chi connectivity index (χ0n) is 10.7. The Morgan fingerprint density at radius 3 is 2.88 bits per heavy atom. The molecule has 2 fully saturated rings. The zero-order chi connectivity index (χ0) is 12.3. The second-order valence-corrected chi connectivity index (χ2v) is 7.42. The van der Waals surface area contributed by atoms with Crippen LogP contribution in [-0.2, 0) is 4.79 Å². The van der Waals surface area contributed by atoms with E-state index in [1.54, 1.807) is 0 Å². The molecule has 0 aromatic carbocycles. The van der Waals surface area contributed by atoms with Crippen LogP contribution in [0.3, 0.4) is 0 Å². The summed E-state index contributed by atoms with van der Waals surface area (Å²) in [6, 6.07) is 0.247. The molecule has 3 nitrogen and oxygen atoms in total. The fraction of sp³-hybridized carbons (Fsp3) is 0.923. The Hall–Kier alpha value is -0.220. The molecule has 2 aliphatic rings. The summed E-state index contributed by atoms with van der Waals surface area (Å²) in [7, 11) is 0. The van der Waals surface area contributed by atoms with E-state index in [2.05, 4.69) is 12.2 Å². The van der Waals surface area contributed by atoms with E-state index in [-0.39, 0.29) is 16.7 Å². The van der Waals surface area contributed by atoms with Crippen LogP contribution in [0.1, 0.15) is 45.4 Å².